The van der Waals surface area contributed by atoms with E-state index in [0.29, 0.717) is 18.5 Å². The second kappa shape index (κ2) is 6.99. The molecular weight excluding hydrogens is 370 g/mol. The van der Waals surface area contributed by atoms with Crippen molar-refractivity contribution in [1.29, 1.82) is 5.26 Å². The molecule has 0 bridgehead atoms. The third kappa shape index (κ3) is 2.78. The molecule has 4 heterocycles. The van der Waals surface area contributed by atoms with Crippen molar-refractivity contribution in [2.45, 2.75) is 30.3 Å². The van der Waals surface area contributed by atoms with Gasteiger partial charge in [-0.25, -0.2) is 9.50 Å². The number of nitrogens with zero attached hydrogens (tertiary/aromatic N) is 4. The number of aliphatic hydroxyl groups excluding tert-OH is 2. The van der Waals surface area contributed by atoms with E-state index in [4.69, 9.17) is 19.9 Å². The second-order valence-corrected chi connectivity index (χ2v) is 6.79. The summed E-state index contributed by atoms with van der Waals surface area (Å²) in [6.45, 7) is 0.469. The van der Waals surface area contributed by atoms with Gasteiger partial charge in [0, 0.05) is 6.61 Å². The van der Waals surface area contributed by atoms with E-state index in [2.05, 4.69) is 10.1 Å². The average Bonchev–Trinajstić information content (AvgIpc) is 3.42. The smallest absolute Gasteiger partial charge is 0.311 e. The highest BCUT2D eigenvalue weighted by molar-refractivity contribution is 5.72. The predicted octanol–water partition coefficient (Wildman–Crippen LogP) is -1.27. The number of aliphatic hydroxyl groups is 2. The Balaban J connectivity index is 1.58. The number of esters is 1. The van der Waals surface area contributed by atoms with Crippen LogP contribution in [-0.2, 0) is 24.6 Å². The number of nitrogens with two attached hydrogens (primary N) is 1. The molecule has 2 saturated heterocycles. The van der Waals surface area contributed by atoms with Crippen LogP contribution in [0.15, 0.2) is 18.5 Å². The first-order valence-corrected chi connectivity index (χ1v) is 8.76. The maximum Gasteiger partial charge on any atom is 0.311 e. The van der Waals surface area contributed by atoms with Gasteiger partial charge in [-0.1, -0.05) is 0 Å². The number of nitriles is 1. The molecule has 28 heavy (non-hydrogen) atoms. The first kappa shape index (κ1) is 18.6. The van der Waals surface area contributed by atoms with Gasteiger partial charge in [0.25, 0.3) is 0 Å². The summed E-state index contributed by atoms with van der Waals surface area (Å²) < 4.78 is 17.4. The first-order chi connectivity index (χ1) is 13.5. The van der Waals surface area contributed by atoms with Gasteiger partial charge in [-0.2, -0.15) is 10.4 Å². The van der Waals surface area contributed by atoms with Crippen molar-refractivity contribution in [2.75, 3.05) is 25.6 Å². The minimum atomic E-state index is -1.92. The number of hydrogen-bond donors (Lipinski definition) is 3. The number of aromatic nitrogens is 3. The van der Waals surface area contributed by atoms with Crippen LogP contribution < -0.4 is 5.73 Å². The third-order valence-corrected chi connectivity index (χ3v) is 5.14. The molecule has 4 rings (SSSR count). The van der Waals surface area contributed by atoms with Crippen molar-refractivity contribution in [3.63, 3.8) is 0 Å². The number of anilines is 1. The summed E-state index contributed by atoms with van der Waals surface area (Å²) in [7, 11) is 0. The van der Waals surface area contributed by atoms with Gasteiger partial charge in [0.15, 0.2) is 5.82 Å². The maximum absolute atomic E-state index is 12.1. The van der Waals surface area contributed by atoms with Gasteiger partial charge >= 0.3 is 5.97 Å². The zero-order valence-corrected chi connectivity index (χ0v) is 14.8. The number of carbonyl (C=O) groups is 1. The fraction of sp³-hybridized carbons (Fsp3) is 0.529. The van der Waals surface area contributed by atoms with E-state index in [9.17, 15) is 20.3 Å². The minimum absolute atomic E-state index is 0.184. The lowest BCUT2D eigenvalue weighted by atomic mass is 9.92. The molecule has 0 aliphatic carbocycles. The summed E-state index contributed by atoms with van der Waals surface area (Å²) in [4.78, 5) is 15.9. The third-order valence-electron chi connectivity index (χ3n) is 5.14. The van der Waals surface area contributed by atoms with E-state index in [-0.39, 0.29) is 30.6 Å². The zero-order chi connectivity index (χ0) is 19.9. The molecule has 2 aliphatic heterocycles. The molecule has 2 aliphatic rings. The summed E-state index contributed by atoms with van der Waals surface area (Å²) in [5.74, 6) is -0.643. The standard InChI is InChI=1S/C17H19N5O6/c18-7-17(12-2-1-10-15(19)20-8-21-22(10)12)14(24)13(23)11(28-17)6-27-16(25)9-3-4-26-5-9/h1-2,8-9,11,13-14,23-24H,3-6H2,(H2,19,20,21)/t9?,11-,13-,14-,17+/m1/s1. The Morgan fingerprint density at radius 2 is 2.32 bits per heavy atom. The summed E-state index contributed by atoms with van der Waals surface area (Å²) in [5, 5.41) is 34.9. The van der Waals surface area contributed by atoms with Crippen LogP contribution in [0.25, 0.3) is 5.52 Å². The molecule has 4 N–H and O–H groups in total. The number of ether oxygens (including phenoxy) is 3. The van der Waals surface area contributed by atoms with E-state index >= 15 is 0 Å². The average molecular weight is 389 g/mol. The fourth-order valence-corrected chi connectivity index (χ4v) is 3.55. The lowest BCUT2D eigenvalue weighted by Gasteiger charge is -2.24. The topological polar surface area (TPSA) is 165 Å². The monoisotopic (exact) mass is 389 g/mol. The number of nitrogen functional groups attached to an aromatic ring is 1. The summed E-state index contributed by atoms with van der Waals surface area (Å²) in [6.07, 6.45) is -2.36. The van der Waals surface area contributed by atoms with Crippen LogP contribution >= 0.6 is 0 Å². The zero-order valence-electron chi connectivity index (χ0n) is 14.8. The van der Waals surface area contributed by atoms with Crippen LogP contribution in [-0.4, -0.2) is 68.9 Å². The largest absolute Gasteiger partial charge is 0.463 e. The Morgan fingerprint density at radius 1 is 1.50 bits per heavy atom. The van der Waals surface area contributed by atoms with Crippen LogP contribution in [0.5, 0.6) is 0 Å². The minimum Gasteiger partial charge on any atom is -0.463 e. The Hall–Kier alpha value is -2.78. The summed E-state index contributed by atoms with van der Waals surface area (Å²) >= 11 is 0. The van der Waals surface area contributed by atoms with Crippen LogP contribution in [0.3, 0.4) is 0 Å². The van der Waals surface area contributed by atoms with Crippen molar-refractivity contribution in [1.82, 2.24) is 14.6 Å². The molecule has 2 aromatic heterocycles. The molecule has 148 valence electrons. The van der Waals surface area contributed by atoms with Crippen molar-refractivity contribution < 1.29 is 29.2 Å². The molecule has 5 atom stereocenters. The molecule has 2 fully saturated rings. The van der Waals surface area contributed by atoms with Gasteiger partial charge in [0.05, 0.1) is 18.2 Å². The number of hydrogen-bond acceptors (Lipinski definition) is 10. The number of carbonyl (C=O) groups excluding carboxylic acids is 1. The van der Waals surface area contributed by atoms with Crippen LogP contribution in [0, 0.1) is 17.2 Å². The van der Waals surface area contributed by atoms with Crippen molar-refractivity contribution >= 4 is 17.3 Å². The second-order valence-electron chi connectivity index (χ2n) is 6.79. The van der Waals surface area contributed by atoms with Gasteiger partial charge in [0.2, 0.25) is 5.60 Å². The highest BCUT2D eigenvalue weighted by Crippen LogP contribution is 2.40. The van der Waals surface area contributed by atoms with E-state index < -0.39 is 29.9 Å². The Kier molecular flexibility index (Phi) is 4.64. The summed E-state index contributed by atoms with van der Waals surface area (Å²) in [6, 6.07) is 5.03. The molecule has 11 nitrogen and oxygen atoms in total. The van der Waals surface area contributed by atoms with Crippen LogP contribution in [0.4, 0.5) is 5.82 Å². The van der Waals surface area contributed by atoms with Gasteiger partial charge in [-0.15, -0.1) is 0 Å². The molecule has 1 unspecified atom stereocenters. The molecule has 0 aromatic carbocycles. The maximum atomic E-state index is 12.1. The number of fused-ring (bicyclic) bond motifs is 1. The quantitative estimate of drug-likeness (QED) is 0.537. The molecule has 0 amide bonds. The van der Waals surface area contributed by atoms with Crippen LogP contribution in [0.1, 0.15) is 12.1 Å². The van der Waals surface area contributed by atoms with Gasteiger partial charge < -0.3 is 30.2 Å². The molecule has 11 heteroatoms. The predicted molar refractivity (Wildman–Crippen MR) is 91.5 cm³/mol. The van der Waals surface area contributed by atoms with Crippen molar-refractivity contribution in [3.05, 3.63) is 24.2 Å². The van der Waals surface area contributed by atoms with E-state index in [0.717, 1.165) is 0 Å². The lowest BCUT2D eigenvalue weighted by Crippen LogP contribution is -2.41. The van der Waals surface area contributed by atoms with Gasteiger partial charge in [-0.05, 0) is 18.6 Å². The first-order valence-electron chi connectivity index (χ1n) is 8.76. The molecule has 2 aromatic rings. The fourth-order valence-electron chi connectivity index (χ4n) is 3.55. The normalized spacial score (nSPS) is 32.5. The molecule has 0 saturated carbocycles. The van der Waals surface area contributed by atoms with Crippen molar-refractivity contribution in [2.24, 2.45) is 5.92 Å². The van der Waals surface area contributed by atoms with E-state index in [1.807, 2.05) is 6.07 Å². The Bertz CT molecular complexity index is 936. The Labute approximate surface area is 159 Å². The lowest BCUT2D eigenvalue weighted by molar-refractivity contribution is -0.155. The van der Waals surface area contributed by atoms with Crippen molar-refractivity contribution in [3.8, 4) is 6.07 Å². The number of rotatable bonds is 4. The molecule has 0 spiro atoms. The SMILES string of the molecule is N#C[C@@]1(c2ccc3c(N)ncnn23)O[C@H](COC(=O)C2CCOC2)[C@@H](O)[C@H]1O. The molecule has 0 radical (unpaired) electrons. The van der Waals surface area contributed by atoms with E-state index in [1.165, 1.54) is 16.9 Å². The summed E-state index contributed by atoms with van der Waals surface area (Å²) in [5.41, 5.74) is 4.50. The molecular formula is C17H19N5O6. The highest BCUT2D eigenvalue weighted by Gasteiger charge is 2.57. The van der Waals surface area contributed by atoms with E-state index in [1.54, 1.807) is 6.07 Å². The van der Waals surface area contributed by atoms with Gasteiger partial charge in [-0.3, -0.25) is 4.79 Å². The highest BCUT2D eigenvalue weighted by atomic mass is 16.6. The Morgan fingerprint density at radius 3 is 3.04 bits per heavy atom. The van der Waals surface area contributed by atoms with Crippen LogP contribution in [0.2, 0.25) is 0 Å². The van der Waals surface area contributed by atoms with Gasteiger partial charge in [0.1, 0.15) is 42.8 Å².